The quantitative estimate of drug-likeness (QED) is 0.852. The average molecular weight is 296 g/mol. The molecule has 1 aliphatic heterocycles. The van der Waals surface area contributed by atoms with Crippen molar-refractivity contribution in [2.24, 2.45) is 5.92 Å². The summed E-state index contributed by atoms with van der Waals surface area (Å²) in [7, 11) is 0. The molecule has 0 atom stereocenters. The number of rotatable bonds is 4. The van der Waals surface area contributed by atoms with Gasteiger partial charge in [-0.2, -0.15) is 0 Å². The molecule has 1 fully saturated rings. The van der Waals surface area contributed by atoms with Crippen molar-refractivity contribution in [1.29, 1.82) is 0 Å². The Bertz CT molecular complexity index is 542. The number of halogens is 1. The number of carboxylic acids is 1. The molecule has 0 aliphatic carbocycles. The van der Waals surface area contributed by atoms with Crippen molar-refractivity contribution in [2.75, 3.05) is 24.6 Å². The lowest BCUT2D eigenvalue weighted by Gasteiger charge is -2.31. The van der Waals surface area contributed by atoms with Gasteiger partial charge in [-0.25, -0.2) is 14.2 Å². The fraction of sp³-hybridized carbons (Fsp3) is 0.500. The zero-order valence-electron chi connectivity index (χ0n) is 11.7. The Kier molecular flexibility index (Phi) is 4.72. The number of anilines is 1. The van der Waals surface area contributed by atoms with Crippen LogP contribution in [0.25, 0.3) is 0 Å². The van der Waals surface area contributed by atoms with Gasteiger partial charge in [-0.3, -0.25) is 4.79 Å². The van der Waals surface area contributed by atoms with E-state index in [2.05, 4.69) is 4.98 Å². The van der Waals surface area contributed by atoms with Crippen molar-refractivity contribution in [3.63, 3.8) is 0 Å². The van der Waals surface area contributed by atoms with Gasteiger partial charge in [0.15, 0.2) is 11.6 Å². The van der Waals surface area contributed by atoms with Crippen molar-refractivity contribution in [3.05, 3.63) is 23.6 Å². The summed E-state index contributed by atoms with van der Waals surface area (Å²) in [5.41, 5.74) is -0.183. The fourth-order valence-corrected chi connectivity index (χ4v) is 2.37. The van der Waals surface area contributed by atoms with Crippen LogP contribution in [0.4, 0.5) is 10.2 Å². The minimum Gasteiger partial charge on any atom is -0.478 e. The number of ether oxygens (including phenoxy) is 1. The highest BCUT2D eigenvalue weighted by Gasteiger charge is 2.27. The summed E-state index contributed by atoms with van der Waals surface area (Å²) in [6, 6.07) is 0.960. The van der Waals surface area contributed by atoms with Gasteiger partial charge in [-0.15, -0.1) is 0 Å². The van der Waals surface area contributed by atoms with Crippen LogP contribution >= 0.6 is 0 Å². The standard InChI is InChI=1S/C14H17FN2O4/c1-2-21-14(20)9-3-5-17(6-4-9)12-11(15)7-10(8-16-12)13(18)19/h7-9H,2-6H2,1H3,(H,18,19). The summed E-state index contributed by atoms with van der Waals surface area (Å²) in [5, 5.41) is 8.79. The number of hydrogen-bond acceptors (Lipinski definition) is 5. The van der Waals surface area contributed by atoms with Gasteiger partial charge in [-0.1, -0.05) is 0 Å². The molecule has 0 aromatic carbocycles. The predicted octanol–water partition coefficient (Wildman–Crippen LogP) is 1.70. The topological polar surface area (TPSA) is 79.7 Å². The van der Waals surface area contributed by atoms with E-state index in [9.17, 15) is 14.0 Å². The number of hydrogen-bond donors (Lipinski definition) is 1. The van der Waals surface area contributed by atoms with Gasteiger partial charge in [0.25, 0.3) is 0 Å². The van der Waals surface area contributed by atoms with Gasteiger partial charge in [0.05, 0.1) is 18.1 Å². The molecule has 114 valence electrons. The van der Waals surface area contributed by atoms with Gasteiger partial charge in [0.2, 0.25) is 0 Å². The maximum Gasteiger partial charge on any atom is 0.337 e. The van der Waals surface area contributed by atoms with E-state index in [1.165, 1.54) is 0 Å². The van der Waals surface area contributed by atoms with Crippen molar-refractivity contribution >= 4 is 17.8 Å². The largest absolute Gasteiger partial charge is 0.478 e. The van der Waals surface area contributed by atoms with Crippen molar-refractivity contribution in [1.82, 2.24) is 4.98 Å². The molecule has 1 N–H and O–H groups in total. The second-order valence-electron chi connectivity index (χ2n) is 4.85. The molecule has 1 saturated heterocycles. The summed E-state index contributed by atoms with van der Waals surface area (Å²) >= 11 is 0. The second-order valence-corrected chi connectivity index (χ2v) is 4.85. The summed E-state index contributed by atoms with van der Waals surface area (Å²) in [6.45, 7) is 3.09. The van der Waals surface area contributed by atoms with Gasteiger partial charge in [0.1, 0.15) is 0 Å². The minimum absolute atomic E-state index is 0.127. The van der Waals surface area contributed by atoms with Crippen molar-refractivity contribution in [3.8, 4) is 0 Å². The smallest absolute Gasteiger partial charge is 0.337 e. The summed E-state index contributed by atoms with van der Waals surface area (Å²) in [6.07, 6.45) is 2.28. The number of aromatic nitrogens is 1. The lowest BCUT2D eigenvalue weighted by molar-refractivity contribution is -0.148. The Labute approximate surface area is 121 Å². The van der Waals surface area contributed by atoms with E-state index < -0.39 is 11.8 Å². The number of esters is 1. The molecular weight excluding hydrogens is 279 g/mol. The second kappa shape index (κ2) is 6.51. The van der Waals surface area contributed by atoms with Crippen LogP contribution in [0, 0.1) is 11.7 Å². The number of aromatic carboxylic acids is 1. The number of carboxylic acid groups (broad SMARTS) is 1. The molecule has 0 radical (unpaired) electrons. The minimum atomic E-state index is -1.21. The summed E-state index contributed by atoms with van der Waals surface area (Å²) < 4.78 is 18.9. The first-order valence-electron chi connectivity index (χ1n) is 6.83. The van der Waals surface area contributed by atoms with E-state index in [-0.39, 0.29) is 23.3 Å². The first-order chi connectivity index (χ1) is 10.0. The molecule has 0 amide bonds. The van der Waals surface area contributed by atoms with E-state index in [0.29, 0.717) is 32.5 Å². The molecule has 0 unspecified atom stereocenters. The van der Waals surface area contributed by atoms with Crippen LogP contribution in [0.5, 0.6) is 0 Å². The molecule has 2 heterocycles. The lowest BCUT2D eigenvalue weighted by atomic mass is 9.97. The monoisotopic (exact) mass is 296 g/mol. The van der Waals surface area contributed by atoms with Crippen molar-refractivity contribution in [2.45, 2.75) is 19.8 Å². The van der Waals surface area contributed by atoms with Gasteiger partial charge in [-0.05, 0) is 25.8 Å². The molecule has 0 saturated carbocycles. The zero-order chi connectivity index (χ0) is 15.4. The van der Waals surface area contributed by atoms with E-state index in [1.54, 1.807) is 11.8 Å². The molecule has 21 heavy (non-hydrogen) atoms. The van der Waals surface area contributed by atoms with Crippen LogP contribution in [0.3, 0.4) is 0 Å². The number of pyridine rings is 1. The van der Waals surface area contributed by atoms with Gasteiger partial charge in [0, 0.05) is 19.3 Å². The first-order valence-corrected chi connectivity index (χ1v) is 6.83. The third kappa shape index (κ3) is 3.48. The highest BCUT2D eigenvalue weighted by molar-refractivity contribution is 5.87. The molecule has 0 spiro atoms. The fourth-order valence-electron chi connectivity index (χ4n) is 2.37. The molecule has 7 heteroatoms. The van der Waals surface area contributed by atoms with Crippen LogP contribution in [0.2, 0.25) is 0 Å². The third-order valence-corrected chi connectivity index (χ3v) is 3.48. The van der Waals surface area contributed by atoms with Crippen molar-refractivity contribution < 1.29 is 23.8 Å². The molecule has 2 rings (SSSR count). The summed E-state index contributed by atoms with van der Waals surface area (Å²) in [5.74, 6) is -2.13. The normalized spacial score (nSPS) is 15.8. The highest BCUT2D eigenvalue weighted by Crippen LogP contribution is 2.25. The van der Waals surface area contributed by atoms with Crippen LogP contribution in [0.15, 0.2) is 12.3 Å². The maximum absolute atomic E-state index is 13.9. The number of nitrogens with zero attached hydrogens (tertiary/aromatic N) is 2. The molecule has 0 bridgehead atoms. The Balaban J connectivity index is 2.02. The highest BCUT2D eigenvalue weighted by atomic mass is 19.1. The van der Waals surface area contributed by atoms with E-state index >= 15 is 0 Å². The first kappa shape index (κ1) is 15.2. The lowest BCUT2D eigenvalue weighted by Crippen LogP contribution is -2.38. The number of carbonyl (C=O) groups excluding carboxylic acids is 1. The predicted molar refractivity (Wildman–Crippen MR) is 72.7 cm³/mol. The number of piperidine rings is 1. The van der Waals surface area contributed by atoms with Crippen LogP contribution in [-0.2, 0) is 9.53 Å². The number of carbonyl (C=O) groups is 2. The maximum atomic E-state index is 13.9. The Hall–Kier alpha value is -2.18. The van der Waals surface area contributed by atoms with E-state index in [1.807, 2.05) is 0 Å². The van der Waals surface area contributed by atoms with E-state index in [0.717, 1.165) is 12.3 Å². The van der Waals surface area contributed by atoms with Crippen LogP contribution in [-0.4, -0.2) is 41.7 Å². The Morgan fingerprint density at radius 1 is 1.48 bits per heavy atom. The van der Waals surface area contributed by atoms with Crippen LogP contribution < -0.4 is 4.90 Å². The Morgan fingerprint density at radius 2 is 2.14 bits per heavy atom. The molecule has 1 aromatic rings. The van der Waals surface area contributed by atoms with Gasteiger partial charge < -0.3 is 14.7 Å². The van der Waals surface area contributed by atoms with Crippen LogP contribution in [0.1, 0.15) is 30.1 Å². The van der Waals surface area contributed by atoms with E-state index in [4.69, 9.17) is 9.84 Å². The third-order valence-electron chi connectivity index (χ3n) is 3.48. The molecule has 1 aromatic heterocycles. The SMILES string of the molecule is CCOC(=O)C1CCN(c2ncc(C(=O)O)cc2F)CC1. The average Bonchev–Trinajstić information content (AvgIpc) is 2.47. The Morgan fingerprint density at radius 3 is 2.67 bits per heavy atom. The van der Waals surface area contributed by atoms with Gasteiger partial charge >= 0.3 is 11.9 Å². The summed E-state index contributed by atoms with van der Waals surface area (Å²) in [4.78, 5) is 28.0. The molecule has 1 aliphatic rings. The zero-order valence-corrected chi connectivity index (χ0v) is 11.7. The molecular formula is C14H17FN2O4. The molecule has 6 nitrogen and oxygen atoms in total.